The summed E-state index contributed by atoms with van der Waals surface area (Å²) in [5.41, 5.74) is 1.50. The summed E-state index contributed by atoms with van der Waals surface area (Å²) in [6.07, 6.45) is 1.62. The van der Waals surface area contributed by atoms with E-state index in [4.69, 9.17) is 4.74 Å². The van der Waals surface area contributed by atoms with Crippen molar-refractivity contribution in [1.82, 2.24) is 14.7 Å². The van der Waals surface area contributed by atoms with Crippen LogP contribution in [0.15, 0.2) is 48.5 Å². The second kappa shape index (κ2) is 9.91. The quantitative estimate of drug-likeness (QED) is 0.581. The summed E-state index contributed by atoms with van der Waals surface area (Å²) >= 11 is 0. The number of carbonyl (C=O) groups excluding carboxylic acids is 2. The van der Waals surface area contributed by atoms with E-state index < -0.39 is 6.04 Å². The van der Waals surface area contributed by atoms with Crippen LogP contribution >= 0.6 is 0 Å². The lowest BCUT2D eigenvalue weighted by Crippen LogP contribution is -2.46. The predicted octanol–water partition coefficient (Wildman–Crippen LogP) is 4.46. The monoisotopic (exact) mass is 453 g/mol. The highest BCUT2D eigenvalue weighted by Gasteiger charge is 2.48. The van der Waals surface area contributed by atoms with E-state index in [1.54, 1.807) is 17.0 Å². The molecule has 3 amide bonds. The van der Waals surface area contributed by atoms with Crippen LogP contribution in [0.25, 0.3) is 0 Å². The van der Waals surface area contributed by atoms with Crippen LogP contribution in [0.1, 0.15) is 43.9 Å². The highest BCUT2D eigenvalue weighted by Crippen LogP contribution is 2.36. The molecule has 0 aromatic heterocycles. The second-order valence-electron chi connectivity index (χ2n) is 9.45. The lowest BCUT2D eigenvalue weighted by atomic mass is 9.99. The van der Waals surface area contributed by atoms with Crippen molar-refractivity contribution in [1.29, 1.82) is 0 Å². The minimum atomic E-state index is -0.722. The Kier molecular flexibility index (Phi) is 6.98. The Morgan fingerprint density at radius 3 is 2.24 bits per heavy atom. The molecule has 33 heavy (non-hydrogen) atoms. The number of amides is 3. The Morgan fingerprint density at radius 2 is 1.64 bits per heavy atom. The molecule has 176 valence electrons. The van der Waals surface area contributed by atoms with Crippen molar-refractivity contribution in [2.75, 3.05) is 26.7 Å². The van der Waals surface area contributed by atoms with Crippen LogP contribution < -0.4 is 4.74 Å². The number of likely N-dealkylation sites (tertiary alicyclic amines) is 1. The van der Waals surface area contributed by atoms with Gasteiger partial charge in [0.15, 0.2) is 0 Å². The number of urea groups is 1. The van der Waals surface area contributed by atoms with Gasteiger partial charge in [-0.1, -0.05) is 38.1 Å². The first-order valence-corrected chi connectivity index (χ1v) is 11.6. The Morgan fingerprint density at radius 1 is 1.00 bits per heavy atom. The molecule has 2 saturated heterocycles. The third kappa shape index (κ3) is 5.19. The van der Waals surface area contributed by atoms with Crippen LogP contribution in [0.4, 0.5) is 9.18 Å². The molecule has 1 atom stereocenters. The standard InChI is InChI=1S/C26H32FN3O3/c1-18(2)17-33-23-10-4-19(5-11-23)16-29-25(31)24(20-6-8-21(27)9-7-20)30(26(29)32)22-12-14-28(3)15-13-22/h4-11,18,22,24H,12-17H2,1-3H3/t24-/m0/s1. The molecule has 4 rings (SSSR count). The highest BCUT2D eigenvalue weighted by molar-refractivity contribution is 6.04. The Hall–Kier alpha value is -2.93. The van der Waals surface area contributed by atoms with Gasteiger partial charge >= 0.3 is 6.03 Å². The molecule has 0 saturated carbocycles. The second-order valence-corrected chi connectivity index (χ2v) is 9.45. The summed E-state index contributed by atoms with van der Waals surface area (Å²) in [5.74, 6) is 0.575. The SMILES string of the molecule is CC(C)COc1ccc(CN2C(=O)[C@H](c3ccc(F)cc3)N(C3CCN(C)CC3)C2=O)cc1. The van der Waals surface area contributed by atoms with Crippen molar-refractivity contribution < 1.29 is 18.7 Å². The van der Waals surface area contributed by atoms with E-state index in [0.29, 0.717) is 18.1 Å². The zero-order chi connectivity index (χ0) is 23.5. The molecule has 2 fully saturated rings. The number of nitrogens with zero attached hydrogens (tertiary/aromatic N) is 3. The van der Waals surface area contributed by atoms with Gasteiger partial charge in [-0.2, -0.15) is 0 Å². The average molecular weight is 454 g/mol. The van der Waals surface area contributed by atoms with Crippen molar-refractivity contribution in [3.63, 3.8) is 0 Å². The number of ether oxygens (including phenoxy) is 1. The first-order chi connectivity index (χ1) is 15.8. The zero-order valence-electron chi connectivity index (χ0n) is 19.5. The van der Waals surface area contributed by atoms with E-state index >= 15 is 0 Å². The van der Waals surface area contributed by atoms with Crippen LogP contribution in [-0.4, -0.2) is 59.4 Å². The molecule has 2 aromatic carbocycles. The van der Waals surface area contributed by atoms with E-state index in [2.05, 4.69) is 25.8 Å². The number of hydrogen-bond acceptors (Lipinski definition) is 4. The number of benzene rings is 2. The smallest absolute Gasteiger partial charge is 0.328 e. The fourth-order valence-corrected chi connectivity index (χ4v) is 4.48. The maximum Gasteiger partial charge on any atom is 0.328 e. The number of halogens is 1. The third-order valence-corrected chi connectivity index (χ3v) is 6.34. The van der Waals surface area contributed by atoms with Crippen LogP contribution in [0.2, 0.25) is 0 Å². The van der Waals surface area contributed by atoms with E-state index in [-0.39, 0.29) is 30.3 Å². The number of rotatable bonds is 7. The van der Waals surface area contributed by atoms with Gasteiger partial charge in [0.25, 0.3) is 5.91 Å². The van der Waals surface area contributed by atoms with Crippen molar-refractivity contribution in [2.24, 2.45) is 5.92 Å². The number of piperidine rings is 1. The summed E-state index contributed by atoms with van der Waals surface area (Å²) in [6.45, 7) is 6.75. The highest BCUT2D eigenvalue weighted by atomic mass is 19.1. The van der Waals surface area contributed by atoms with Gasteiger partial charge in [0.05, 0.1) is 13.2 Å². The average Bonchev–Trinajstić information content (AvgIpc) is 3.04. The fourth-order valence-electron chi connectivity index (χ4n) is 4.48. The maximum atomic E-state index is 13.5. The van der Waals surface area contributed by atoms with Gasteiger partial charge in [-0.3, -0.25) is 9.69 Å². The lowest BCUT2D eigenvalue weighted by Gasteiger charge is -2.37. The largest absolute Gasteiger partial charge is 0.493 e. The van der Waals surface area contributed by atoms with Crippen LogP contribution in [0.5, 0.6) is 5.75 Å². The first kappa shape index (κ1) is 23.2. The molecule has 0 aliphatic carbocycles. The molecule has 6 nitrogen and oxygen atoms in total. The van der Waals surface area contributed by atoms with Gasteiger partial charge in [0.1, 0.15) is 17.6 Å². The Balaban J connectivity index is 1.56. The van der Waals surface area contributed by atoms with E-state index in [1.807, 2.05) is 24.3 Å². The van der Waals surface area contributed by atoms with Crippen molar-refractivity contribution in [3.8, 4) is 5.75 Å². The van der Waals surface area contributed by atoms with Gasteiger partial charge in [0.2, 0.25) is 0 Å². The zero-order valence-corrected chi connectivity index (χ0v) is 19.5. The minimum absolute atomic E-state index is 0.0236. The van der Waals surface area contributed by atoms with Gasteiger partial charge in [-0.15, -0.1) is 0 Å². The third-order valence-electron chi connectivity index (χ3n) is 6.34. The molecule has 0 unspecified atom stereocenters. The fraction of sp³-hybridized carbons (Fsp3) is 0.462. The molecule has 2 aliphatic rings. The van der Waals surface area contributed by atoms with Crippen molar-refractivity contribution in [3.05, 3.63) is 65.5 Å². The topological polar surface area (TPSA) is 53.1 Å². The minimum Gasteiger partial charge on any atom is -0.493 e. The number of hydrogen-bond donors (Lipinski definition) is 0. The van der Waals surface area contributed by atoms with Crippen LogP contribution in [-0.2, 0) is 11.3 Å². The molecule has 0 N–H and O–H groups in total. The molecule has 2 heterocycles. The molecule has 0 bridgehead atoms. The number of carbonyl (C=O) groups is 2. The summed E-state index contributed by atoms with van der Waals surface area (Å²) in [7, 11) is 2.06. The molecule has 7 heteroatoms. The summed E-state index contributed by atoms with van der Waals surface area (Å²) in [4.78, 5) is 32.3. The van der Waals surface area contributed by atoms with Crippen molar-refractivity contribution >= 4 is 11.9 Å². The van der Waals surface area contributed by atoms with Gasteiger partial charge < -0.3 is 14.5 Å². The molecular weight excluding hydrogens is 421 g/mol. The molecule has 2 aromatic rings. The van der Waals surface area contributed by atoms with Gasteiger partial charge in [-0.05, 0) is 74.3 Å². The summed E-state index contributed by atoms with van der Waals surface area (Å²) in [6, 6.07) is 12.4. The van der Waals surface area contributed by atoms with E-state index in [9.17, 15) is 14.0 Å². The normalized spacial score (nSPS) is 20.2. The predicted molar refractivity (Wildman–Crippen MR) is 124 cm³/mol. The number of imide groups is 1. The maximum absolute atomic E-state index is 13.5. The molecule has 0 spiro atoms. The molecule has 2 aliphatic heterocycles. The van der Waals surface area contributed by atoms with Gasteiger partial charge in [0, 0.05) is 6.04 Å². The van der Waals surface area contributed by atoms with Crippen LogP contribution in [0.3, 0.4) is 0 Å². The van der Waals surface area contributed by atoms with Gasteiger partial charge in [-0.25, -0.2) is 9.18 Å². The van der Waals surface area contributed by atoms with E-state index in [1.165, 1.54) is 17.0 Å². The Labute approximate surface area is 194 Å². The Bertz CT molecular complexity index is 969. The van der Waals surface area contributed by atoms with E-state index in [0.717, 1.165) is 37.2 Å². The summed E-state index contributed by atoms with van der Waals surface area (Å²) < 4.78 is 19.3. The van der Waals surface area contributed by atoms with Crippen LogP contribution in [0, 0.1) is 11.7 Å². The first-order valence-electron chi connectivity index (χ1n) is 11.6. The summed E-state index contributed by atoms with van der Waals surface area (Å²) in [5, 5.41) is 0. The molecule has 0 radical (unpaired) electrons. The van der Waals surface area contributed by atoms with Crippen molar-refractivity contribution in [2.45, 2.75) is 45.3 Å². The molecular formula is C26H32FN3O3. The lowest BCUT2D eigenvalue weighted by molar-refractivity contribution is -0.129.